The van der Waals surface area contributed by atoms with E-state index in [9.17, 15) is 29.1 Å². The van der Waals surface area contributed by atoms with E-state index in [-0.39, 0.29) is 60.4 Å². The number of hydrogen-bond donors (Lipinski definition) is 5. The highest BCUT2D eigenvalue weighted by atomic mass is 33.1. The number of benzene rings is 1. The molecular weight excluding hydrogens is 1010 g/mol. The summed E-state index contributed by atoms with van der Waals surface area (Å²) in [4.78, 5) is 68.9. The summed E-state index contributed by atoms with van der Waals surface area (Å²) in [5.74, 6) is -1.02. The van der Waals surface area contributed by atoms with Crippen LogP contribution in [0.25, 0.3) is 0 Å². The van der Waals surface area contributed by atoms with Crippen molar-refractivity contribution in [2.24, 2.45) is 22.7 Å². The van der Waals surface area contributed by atoms with Gasteiger partial charge in [0.15, 0.2) is 5.78 Å². The number of allylic oxidation sites excluding steroid dienone is 4. The molecule has 7 unspecified atom stereocenters. The molecule has 9 atom stereocenters. The highest BCUT2D eigenvalue weighted by Crippen LogP contribution is 2.62. The molecule has 5 N–H and O–H groups in total. The second-order valence-electron chi connectivity index (χ2n) is 18.9. The minimum atomic E-state index is -1.30. The zero-order chi connectivity index (χ0) is 58.3. The fourth-order valence-electron chi connectivity index (χ4n) is 8.84. The third-order valence-electron chi connectivity index (χ3n) is 13.1. The zero-order valence-electron chi connectivity index (χ0n) is 47.3. The molecule has 1 saturated heterocycles. The van der Waals surface area contributed by atoms with Gasteiger partial charge in [0, 0.05) is 58.4 Å². The Morgan fingerprint density at radius 3 is 2.00 bits per heavy atom. The van der Waals surface area contributed by atoms with Crippen molar-refractivity contribution in [3.05, 3.63) is 95.0 Å². The Kier molecular flexibility index (Phi) is 35.2. The molecule has 0 spiro atoms. The number of amides is 1. The first-order valence-electron chi connectivity index (χ1n) is 24.7. The Morgan fingerprint density at radius 2 is 1.57 bits per heavy atom. The van der Waals surface area contributed by atoms with E-state index in [2.05, 4.69) is 23.2 Å². The van der Waals surface area contributed by atoms with Gasteiger partial charge in [-0.1, -0.05) is 117 Å². The average molecular weight is 1100 g/mol. The number of aldehydes is 1. The minimum Gasteiger partial charge on any atom is -0.478 e. The van der Waals surface area contributed by atoms with Gasteiger partial charge in [0.1, 0.15) is 25.1 Å². The molecule has 75 heavy (non-hydrogen) atoms. The van der Waals surface area contributed by atoms with Gasteiger partial charge < -0.3 is 59.0 Å². The Labute approximate surface area is 454 Å². The number of methoxy groups -OCH3 is 3. The third-order valence-corrected chi connectivity index (χ3v) is 15.6. The molecule has 1 aromatic rings. The molecular formula is C56H89NO16S2. The number of carbonyl (C=O) groups is 6. The predicted octanol–water partition coefficient (Wildman–Crippen LogP) is 9.92. The van der Waals surface area contributed by atoms with Crippen LogP contribution in [0.5, 0.6) is 0 Å². The van der Waals surface area contributed by atoms with E-state index < -0.39 is 52.8 Å². The first-order valence-corrected chi connectivity index (χ1v) is 27.0. The number of Topliss-reactive ketones (excluding diaryl/α,β-unsaturated/α-hetero) is 1. The van der Waals surface area contributed by atoms with E-state index >= 15 is 0 Å². The summed E-state index contributed by atoms with van der Waals surface area (Å²) in [6, 6.07) is 8.67. The summed E-state index contributed by atoms with van der Waals surface area (Å²) in [5, 5.41) is 38.5. The van der Waals surface area contributed by atoms with Gasteiger partial charge in [-0.3, -0.25) is 14.4 Å². The Morgan fingerprint density at radius 1 is 1.00 bits per heavy atom. The molecule has 5 rings (SSSR count). The highest BCUT2D eigenvalue weighted by Gasteiger charge is 2.67. The van der Waals surface area contributed by atoms with Crippen LogP contribution in [-0.2, 0) is 52.4 Å². The van der Waals surface area contributed by atoms with Gasteiger partial charge in [0.2, 0.25) is 6.41 Å². The molecule has 0 aromatic heterocycles. The van der Waals surface area contributed by atoms with Crippen LogP contribution in [-0.4, -0.2) is 140 Å². The molecule has 1 aromatic carbocycles. The maximum atomic E-state index is 14.6. The molecule has 0 radical (unpaired) electrons. The molecule has 3 aliphatic carbocycles. The van der Waals surface area contributed by atoms with Gasteiger partial charge >= 0.3 is 18.1 Å². The lowest BCUT2D eigenvalue weighted by molar-refractivity contribution is -0.247. The maximum Gasteiger partial charge on any atom is 0.505 e. The quantitative estimate of drug-likeness (QED) is 0.0196. The number of carbonyl (C=O) groups excluding carboxylic acids is 4. The van der Waals surface area contributed by atoms with Crippen molar-refractivity contribution < 1.29 is 77.6 Å². The number of ketones is 1. The largest absolute Gasteiger partial charge is 0.505 e. The van der Waals surface area contributed by atoms with Gasteiger partial charge in [-0.25, -0.2) is 9.59 Å². The van der Waals surface area contributed by atoms with E-state index in [0.717, 1.165) is 19.0 Å². The van der Waals surface area contributed by atoms with Gasteiger partial charge in [-0.05, 0) is 89.3 Å². The molecule has 2 bridgehead atoms. The average Bonchev–Trinajstić information content (AvgIpc) is 3.36. The standard InChI is InChI=1S/C32H43NO8.C9H14O3S2.C5H6O2.C5H12O.C2H4O.C2H6.CH4O/c1-18-24(41-26(35)12-22(33-17-34)19-10-8-7-9-11-19)15-32(37)14-21-20-16-40-23(20)13-25(38-5)31(21,4)29(36)28(39-6)27(18)30(32,2)3;1-3-4-5-8(2)14-13-7-6-12-9(10)11;1-3-4(2)5(6)7;1-5(2,3)6-4;1-2-3;2*1-2/h7-11,17,20-25,28,37H,12-16H2,1-6H3,(H,33,34);3-5H,6-7H2,1-2H3,(H,10,11);3H,1-2H2,(H,6,7);1-4H3;2H,1H3;1-2H3;2H,1H3/b;4-3-,8-5+;;;;;/t20?,21?,22?,23-,24+,25?,28?,31?,32?;;;;;;/m1....../s1. The van der Waals surface area contributed by atoms with Gasteiger partial charge in [-0.15, -0.1) is 0 Å². The topological polar surface area (TPSA) is 251 Å². The molecule has 426 valence electrons. The van der Waals surface area contributed by atoms with Crippen LogP contribution in [0.3, 0.4) is 0 Å². The minimum absolute atomic E-state index is 0.0211. The lowest BCUT2D eigenvalue weighted by Gasteiger charge is -2.63. The SMILES string of the molecule is C/C=C\C=C(/C)SSCCOC(=O)O.C=CC(=C)C(=O)O.CC.CC=O.CO.COC(C)(C)C.COC1C(=O)C2(C)C(OC)C[C@H]3OCC3C2CC2(O)C[C@H](OC(=O)CC(NC=O)c3ccccc3)C(C)=C1C2(C)C. The number of ether oxygens (including phenoxy) is 6. The van der Waals surface area contributed by atoms with Crippen LogP contribution < -0.4 is 5.32 Å². The molecule has 1 heterocycles. The first-order chi connectivity index (χ1) is 35.2. The molecule has 17 nitrogen and oxygen atoms in total. The molecule has 2 saturated carbocycles. The van der Waals surface area contributed by atoms with Crippen molar-refractivity contribution in [1.82, 2.24) is 5.32 Å². The Hall–Kier alpha value is -4.60. The van der Waals surface area contributed by atoms with E-state index in [1.807, 2.05) is 125 Å². The van der Waals surface area contributed by atoms with E-state index in [1.54, 1.807) is 35.8 Å². The molecule has 1 amide bonds. The number of carboxylic acid groups (broad SMARTS) is 2. The van der Waals surface area contributed by atoms with Crippen molar-refractivity contribution in [2.45, 2.75) is 150 Å². The highest BCUT2D eigenvalue weighted by molar-refractivity contribution is 8.78. The second-order valence-corrected chi connectivity index (χ2v) is 21.5. The lowest BCUT2D eigenvalue weighted by atomic mass is 9.47. The summed E-state index contributed by atoms with van der Waals surface area (Å²) >= 11 is 0. The van der Waals surface area contributed by atoms with Crippen LogP contribution in [0.15, 0.2) is 89.4 Å². The van der Waals surface area contributed by atoms with Crippen molar-refractivity contribution in [1.29, 1.82) is 0 Å². The zero-order valence-corrected chi connectivity index (χ0v) is 48.9. The number of aliphatic hydroxyl groups excluding tert-OH is 1. The van der Waals surface area contributed by atoms with Crippen molar-refractivity contribution in [3.63, 3.8) is 0 Å². The van der Waals surface area contributed by atoms with Crippen molar-refractivity contribution in [2.75, 3.05) is 47.4 Å². The van der Waals surface area contributed by atoms with E-state index in [4.69, 9.17) is 43.8 Å². The number of aliphatic hydroxyl groups is 2. The van der Waals surface area contributed by atoms with E-state index in [1.165, 1.54) is 25.0 Å². The second kappa shape index (κ2) is 36.4. The normalized spacial score (nSPS) is 25.2. The summed E-state index contributed by atoms with van der Waals surface area (Å²) in [6.45, 7) is 30.3. The molecule has 4 aliphatic rings. The number of rotatable bonds is 16. The van der Waals surface area contributed by atoms with Crippen LogP contribution in [0.4, 0.5) is 4.79 Å². The summed E-state index contributed by atoms with van der Waals surface area (Å²) in [7, 11) is 9.05. The number of hydrogen-bond acceptors (Lipinski definition) is 16. The van der Waals surface area contributed by atoms with Gasteiger partial charge in [-0.2, -0.15) is 0 Å². The molecule has 3 fully saturated rings. The van der Waals surface area contributed by atoms with Crippen LogP contribution in [0.2, 0.25) is 0 Å². The molecule has 1 aliphatic heterocycles. The summed E-state index contributed by atoms with van der Waals surface area (Å²) < 4.78 is 33.1. The first kappa shape index (κ1) is 72.5. The van der Waals surface area contributed by atoms with E-state index in [0.29, 0.717) is 42.8 Å². The third kappa shape index (κ3) is 22.1. The number of aliphatic carboxylic acids is 1. The van der Waals surface area contributed by atoms with Gasteiger partial charge in [0.25, 0.3) is 0 Å². The van der Waals surface area contributed by atoms with Crippen LogP contribution >= 0.6 is 21.6 Å². The fourth-order valence-corrected chi connectivity index (χ4v) is 10.6. The van der Waals surface area contributed by atoms with Crippen LogP contribution in [0.1, 0.15) is 120 Å². The summed E-state index contributed by atoms with van der Waals surface area (Å²) in [6.07, 6.45) is 6.23. The number of carboxylic acids is 1. The van der Waals surface area contributed by atoms with Gasteiger partial charge in [0.05, 0.1) is 53.5 Å². The number of fused-ring (bicyclic) bond motifs is 5. The smallest absolute Gasteiger partial charge is 0.478 e. The number of esters is 1. The van der Waals surface area contributed by atoms with Crippen molar-refractivity contribution in [3.8, 4) is 0 Å². The Bertz CT molecular complexity index is 2030. The number of nitrogens with one attached hydrogen (secondary N) is 1. The monoisotopic (exact) mass is 1100 g/mol. The fraction of sp³-hybridized carbons (Fsp3) is 0.607. The lowest BCUT2D eigenvalue weighted by Crippen LogP contribution is -2.69. The summed E-state index contributed by atoms with van der Waals surface area (Å²) in [5.41, 5.74) is -0.793. The van der Waals surface area contributed by atoms with Crippen molar-refractivity contribution >= 4 is 58.2 Å². The Balaban J connectivity index is 0. The molecule has 19 heteroatoms. The van der Waals surface area contributed by atoms with Crippen LogP contribution in [0, 0.1) is 22.7 Å². The maximum absolute atomic E-state index is 14.6. The predicted molar refractivity (Wildman–Crippen MR) is 297 cm³/mol.